The second-order valence-electron chi connectivity index (χ2n) is 2.73. The summed E-state index contributed by atoms with van der Waals surface area (Å²) in [6.07, 6.45) is 7.28. The molecule has 0 amide bonds. The summed E-state index contributed by atoms with van der Waals surface area (Å²) >= 11 is 0. The number of hydrogen-bond donors (Lipinski definition) is 1. The third-order valence-electron chi connectivity index (χ3n) is 1.79. The maximum atomic E-state index is 5.08. The first kappa shape index (κ1) is 6.64. The number of nitrogens with one attached hydrogen (secondary N) is 1. The zero-order valence-electron chi connectivity index (χ0n) is 5.85. The lowest BCUT2D eigenvalue weighted by Crippen LogP contribution is -2.18. The van der Waals surface area contributed by atoms with E-state index in [0.29, 0.717) is 0 Å². The fourth-order valence-corrected chi connectivity index (χ4v) is 0.936. The van der Waals surface area contributed by atoms with Gasteiger partial charge in [0.2, 0.25) is 0 Å². The summed E-state index contributed by atoms with van der Waals surface area (Å²) in [4.78, 5) is 0. The monoisotopic (exact) mass is 123 g/mol. The van der Waals surface area contributed by atoms with E-state index < -0.39 is 0 Å². The molecule has 0 saturated heterocycles. The second-order valence-corrected chi connectivity index (χ2v) is 2.73. The molecule has 1 saturated carbocycles. The highest BCUT2D eigenvalue weighted by atomic mass is 15.0. The van der Waals surface area contributed by atoms with Crippen molar-refractivity contribution in [1.82, 2.24) is 5.32 Å². The minimum absolute atomic E-state index is 0.776. The first-order valence-electron chi connectivity index (χ1n) is 3.51. The van der Waals surface area contributed by atoms with E-state index in [1.165, 1.54) is 6.42 Å². The number of rotatable bonds is 3. The van der Waals surface area contributed by atoms with Crippen molar-refractivity contribution in [2.45, 2.75) is 25.8 Å². The van der Waals surface area contributed by atoms with Gasteiger partial charge in [0.15, 0.2) is 0 Å². The Hall–Kier alpha value is -0.480. The quantitative estimate of drug-likeness (QED) is 0.436. The smallest absolute Gasteiger partial charge is 0.0212 e. The molecule has 1 nitrogen and oxygen atoms in total. The molecule has 50 valence electrons. The van der Waals surface area contributed by atoms with Crippen molar-refractivity contribution in [3.05, 3.63) is 0 Å². The van der Waals surface area contributed by atoms with Gasteiger partial charge in [-0.1, -0.05) is 6.92 Å². The van der Waals surface area contributed by atoms with Gasteiger partial charge in [0.1, 0.15) is 0 Å². The van der Waals surface area contributed by atoms with Crippen LogP contribution in [0.3, 0.4) is 0 Å². The summed E-state index contributed by atoms with van der Waals surface area (Å²) in [7, 11) is 0. The number of hydrogen-bond acceptors (Lipinski definition) is 1. The van der Waals surface area contributed by atoms with Crippen LogP contribution in [0.1, 0.15) is 19.8 Å². The Bertz CT molecular complexity index is 123. The van der Waals surface area contributed by atoms with Crippen molar-refractivity contribution in [1.29, 1.82) is 0 Å². The van der Waals surface area contributed by atoms with E-state index in [9.17, 15) is 0 Å². The Labute approximate surface area is 56.8 Å². The molecule has 0 aromatic rings. The van der Waals surface area contributed by atoms with Gasteiger partial charge in [-0.05, 0) is 12.3 Å². The summed E-state index contributed by atoms with van der Waals surface area (Å²) in [6, 6.07) is 0.776. The van der Waals surface area contributed by atoms with Crippen molar-refractivity contribution in [3.63, 3.8) is 0 Å². The molecule has 0 spiro atoms. The SMILES string of the molecule is C#CCCNC1CC1C. The predicted octanol–water partition coefficient (Wildman–Crippen LogP) is 1.01. The second kappa shape index (κ2) is 2.89. The molecule has 1 N–H and O–H groups in total. The van der Waals surface area contributed by atoms with Crippen molar-refractivity contribution in [2.24, 2.45) is 5.92 Å². The maximum Gasteiger partial charge on any atom is 0.0212 e. The molecule has 2 atom stereocenters. The first-order valence-corrected chi connectivity index (χ1v) is 3.51. The summed E-state index contributed by atoms with van der Waals surface area (Å²) in [5.74, 6) is 3.49. The van der Waals surface area contributed by atoms with Gasteiger partial charge in [-0.25, -0.2) is 0 Å². The molecule has 0 heterocycles. The molecule has 1 fully saturated rings. The lowest BCUT2D eigenvalue weighted by Gasteiger charge is -1.96. The highest BCUT2D eigenvalue weighted by Crippen LogP contribution is 2.28. The largest absolute Gasteiger partial charge is 0.313 e. The van der Waals surface area contributed by atoms with Crippen molar-refractivity contribution in [2.75, 3.05) is 6.54 Å². The van der Waals surface area contributed by atoms with Crippen LogP contribution in [0.5, 0.6) is 0 Å². The molecule has 1 aliphatic carbocycles. The summed E-state index contributed by atoms with van der Waals surface area (Å²) < 4.78 is 0. The standard InChI is InChI=1S/C8H13N/c1-3-4-5-9-8-6-7(8)2/h1,7-9H,4-6H2,2H3. The van der Waals surface area contributed by atoms with E-state index in [1.54, 1.807) is 0 Å². The third-order valence-corrected chi connectivity index (χ3v) is 1.79. The Balaban J connectivity index is 1.90. The molecular weight excluding hydrogens is 110 g/mol. The van der Waals surface area contributed by atoms with Gasteiger partial charge in [-0.15, -0.1) is 12.3 Å². The van der Waals surface area contributed by atoms with Crippen LogP contribution in [0.2, 0.25) is 0 Å². The Morgan fingerprint density at radius 1 is 1.78 bits per heavy atom. The fourth-order valence-electron chi connectivity index (χ4n) is 0.936. The molecule has 2 unspecified atom stereocenters. The molecule has 0 radical (unpaired) electrons. The molecule has 0 bridgehead atoms. The van der Waals surface area contributed by atoms with Crippen LogP contribution in [0.15, 0.2) is 0 Å². The molecule has 0 aromatic carbocycles. The molecule has 1 rings (SSSR count). The van der Waals surface area contributed by atoms with Crippen LogP contribution in [0.4, 0.5) is 0 Å². The normalized spacial score (nSPS) is 31.6. The number of terminal acetylenes is 1. The van der Waals surface area contributed by atoms with Gasteiger partial charge in [0, 0.05) is 19.0 Å². The molecule has 0 aromatic heterocycles. The lowest BCUT2D eigenvalue weighted by molar-refractivity contribution is 0.661. The minimum Gasteiger partial charge on any atom is -0.313 e. The zero-order valence-corrected chi connectivity index (χ0v) is 5.85. The van der Waals surface area contributed by atoms with E-state index >= 15 is 0 Å². The molecule has 1 aliphatic rings. The van der Waals surface area contributed by atoms with Gasteiger partial charge in [0.05, 0.1) is 0 Å². The minimum atomic E-state index is 0.776. The van der Waals surface area contributed by atoms with Crippen molar-refractivity contribution < 1.29 is 0 Å². The summed E-state index contributed by atoms with van der Waals surface area (Å²) in [5, 5.41) is 3.36. The van der Waals surface area contributed by atoms with E-state index in [-0.39, 0.29) is 0 Å². The Morgan fingerprint density at radius 3 is 2.89 bits per heavy atom. The Kier molecular flexibility index (Phi) is 2.13. The Morgan fingerprint density at radius 2 is 2.44 bits per heavy atom. The van der Waals surface area contributed by atoms with Crippen LogP contribution in [-0.4, -0.2) is 12.6 Å². The third kappa shape index (κ3) is 2.07. The average molecular weight is 123 g/mol. The lowest BCUT2D eigenvalue weighted by atomic mass is 10.4. The average Bonchev–Trinajstić information content (AvgIpc) is 2.48. The summed E-state index contributed by atoms with van der Waals surface area (Å²) in [6.45, 7) is 3.25. The van der Waals surface area contributed by atoms with E-state index in [0.717, 1.165) is 24.9 Å². The zero-order chi connectivity index (χ0) is 6.69. The van der Waals surface area contributed by atoms with Gasteiger partial charge in [0.25, 0.3) is 0 Å². The van der Waals surface area contributed by atoms with Gasteiger partial charge < -0.3 is 5.32 Å². The fraction of sp³-hybridized carbons (Fsp3) is 0.750. The van der Waals surface area contributed by atoms with E-state index in [2.05, 4.69) is 18.2 Å². The molecule has 1 heteroatoms. The van der Waals surface area contributed by atoms with Crippen LogP contribution in [0, 0.1) is 18.3 Å². The van der Waals surface area contributed by atoms with E-state index in [4.69, 9.17) is 6.42 Å². The predicted molar refractivity (Wildman–Crippen MR) is 39.0 cm³/mol. The topological polar surface area (TPSA) is 12.0 Å². The maximum absolute atomic E-state index is 5.08. The molecular formula is C8H13N. The van der Waals surface area contributed by atoms with Crippen LogP contribution in [0.25, 0.3) is 0 Å². The van der Waals surface area contributed by atoms with Gasteiger partial charge in [-0.2, -0.15) is 0 Å². The summed E-state index contributed by atoms with van der Waals surface area (Å²) in [5.41, 5.74) is 0. The van der Waals surface area contributed by atoms with Crippen LogP contribution >= 0.6 is 0 Å². The first-order chi connectivity index (χ1) is 4.34. The van der Waals surface area contributed by atoms with Gasteiger partial charge in [-0.3, -0.25) is 0 Å². The van der Waals surface area contributed by atoms with Gasteiger partial charge >= 0.3 is 0 Å². The highest BCUT2D eigenvalue weighted by Gasteiger charge is 2.31. The highest BCUT2D eigenvalue weighted by molar-refractivity contribution is 4.91. The van der Waals surface area contributed by atoms with Crippen LogP contribution in [-0.2, 0) is 0 Å². The van der Waals surface area contributed by atoms with Crippen molar-refractivity contribution in [3.8, 4) is 12.3 Å². The van der Waals surface area contributed by atoms with Crippen LogP contribution < -0.4 is 5.32 Å². The van der Waals surface area contributed by atoms with Crippen molar-refractivity contribution >= 4 is 0 Å². The van der Waals surface area contributed by atoms with E-state index in [1.807, 2.05) is 0 Å². The molecule has 0 aliphatic heterocycles. The molecule has 9 heavy (non-hydrogen) atoms.